The van der Waals surface area contributed by atoms with Gasteiger partial charge >= 0.3 is 0 Å². The number of carbonyl (C=O) groups excluding carboxylic acids is 2. The molecule has 0 saturated heterocycles. The Morgan fingerprint density at radius 2 is 1.95 bits per heavy atom. The van der Waals surface area contributed by atoms with E-state index in [0.29, 0.717) is 23.6 Å². The van der Waals surface area contributed by atoms with Crippen molar-refractivity contribution >= 4 is 47.8 Å². The van der Waals surface area contributed by atoms with E-state index < -0.39 is 11.9 Å². The molecule has 0 saturated carbocycles. The van der Waals surface area contributed by atoms with Crippen molar-refractivity contribution in [2.45, 2.75) is 18.9 Å². The number of nitrogens with two attached hydrogens (primary N) is 1. The molecule has 0 radical (unpaired) electrons. The van der Waals surface area contributed by atoms with Crippen LogP contribution in [0.5, 0.6) is 0 Å². The SMILES string of the molecule is CSCC[C@H](N)C(=O)NC(=O)C(CS)Cc1ccc(Cl)cc1. The quantitative estimate of drug-likeness (QED) is 0.621. The molecule has 0 aliphatic rings. The van der Waals surface area contributed by atoms with E-state index in [1.54, 1.807) is 23.9 Å². The molecule has 4 nitrogen and oxygen atoms in total. The van der Waals surface area contributed by atoms with Gasteiger partial charge in [-0.15, -0.1) is 0 Å². The number of hydrogen-bond donors (Lipinski definition) is 3. The predicted molar refractivity (Wildman–Crippen MR) is 96.6 cm³/mol. The van der Waals surface area contributed by atoms with Crippen LogP contribution in [0.4, 0.5) is 0 Å². The normalized spacial score (nSPS) is 13.5. The van der Waals surface area contributed by atoms with Gasteiger partial charge in [0.05, 0.1) is 12.0 Å². The molecule has 7 heteroatoms. The molecule has 0 aromatic heterocycles. The van der Waals surface area contributed by atoms with E-state index in [4.69, 9.17) is 17.3 Å². The fourth-order valence-electron chi connectivity index (χ4n) is 1.84. The van der Waals surface area contributed by atoms with E-state index in [-0.39, 0.29) is 11.8 Å². The molecule has 2 atom stereocenters. The van der Waals surface area contributed by atoms with E-state index in [1.807, 2.05) is 18.4 Å². The van der Waals surface area contributed by atoms with E-state index in [9.17, 15) is 9.59 Å². The highest BCUT2D eigenvalue weighted by Crippen LogP contribution is 2.14. The summed E-state index contributed by atoms with van der Waals surface area (Å²) in [5.41, 5.74) is 6.72. The van der Waals surface area contributed by atoms with Crippen LogP contribution in [-0.2, 0) is 16.0 Å². The second kappa shape index (κ2) is 10.2. The standard InChI is InChI=1S/C15H21ClN2O2S2/c1-22-7-6-13(17)15(20)18-14(19)11(9-21)8-10-2-4-12(16)5-3-10/h2-5,11,13,21H,6-9,17H2,1H3,(H,18,19,20)/t11?,13-/m0/s1. The molecular weight excluding hydrogens is 340 g/mol. The summed E-state index contributed by atoms with van der Waals surface area (Å²) in [6, 6.07) is 6.60. The van der Waals surface area contributed by atoms with E-state index in [2.05, 4.69) is 17.9 Å². The average Bonchev–Trinajstić information content (AvgIpc) is 2.51. The molecule has 2 amide bonds. The Hall–Kier alpha value is -0.690. The molecule has 1 unspecified atom stereocenters. The third-order valence-electron chi connectivity index (χ3n) is 3.20. The van der Waals surface area contributed by atoms with Gasteiger partial charge < -0.3 is 5.73 Å². The summed E-state index contributed by atoms with van der Waals surface area (Å²) in [5.74, 6) is -0.0246. The number of hydrogen-bond acceptors (Lipinski definition) is 5. The Kier molecular flexibility index (Phi) is 8.93. The molecule has 0 spiro atoms. The lowest BCUT2D eigenvalue weighted by Gasteiger charge is -2.16. The first-order chi connectivity index (χ1) is 10.5. The smallest absolute Gasteiger partial charge is 0.243 e. The molecule has 0 aliphatic carbocycles. The monoisotopic (exact) mass is 360 g/mol. The van der Waals surface area contributed by atoms with Gasteiger partial charge in [-0.2, -0.15) is 24.4 Å². The van der Waals surface area contributed by atoms with Crippen molar-refractivity contribution in [1.82, 2.24) is 5.32 Å². The lowest BCUT2D eigenvalue weighted by Crippen LogP contribution is -2.46. The van der Waals surface area contributed by atoms with Crippen LogP contribution in [0.15, 0.2) is 24.3 Å². The Morgan fingerprint density at radius 1 is 1.32 bits per heavy atom. The van der Waals surface area contributed by atoms with Crippen LogP contribution in [0.25, 0.3) is 0 Å². The second-order valence-electron chi connectivity index (χ2n) is 4.95. The Bertz CT molecular complexity index is 497. The summed E-state index contributed by atoms with van der Waals surface area (Å²) in [6.45, 7) is 0. The zero-order valence-corrected chi connectivity index (χ0v) is 14.9. The summed E-state index contributed by atoms with van der Waals surface area (Å²) in [5, 5.41) is 3.03. The third-order valence-corrected chi connectivity index (χ3v) is 4.54. The van der Waals surface area contributed by atoms with Gasteiger partial charge in [-0.1, -0.05) is 23.7 Å². The molecule has 0 aliphatic heterocycles. The maximum absolute atomic E-state index is 12.2. The highest BCUT2D eigenvalue weighted by Gasteiger charge is 2.22. The Balaban J connectivity index is 2.56. The highest BCUT2D eigenvalue weighted by molar-refractivity contribution is 7.98. The largest absolute Gasteiger partial charge is 0.320 e. The summed E-state index contributed by atoms with van der Waals surface area (Å²) in [7, 11) is 0. The molecule has 22 heavy (non-hydrogen) atoms. The fourth-order valence-corrected chi connectivity index (χ4v) is 2.75. The van der Waals surface area contributed by atoms with Crippen molar-refractivity contribution in [2.75, 3.05) is 17.8 Å². The summed E-state index contributed by atoms with van der Waals surface area (Å²) in [4.78, 5) is 24.0. The first kappa shape index (κ1) is 19.4. The van der Waals surface area contributed by atoms with Crippen molar-refractivity contribution in [3.05, 3.63) is 34.9 Å². The Labute approximate surface area is 146 Å². The average molecular weight is 361 g/mol. The van der Waals surface area contributed by atoms with E-state index in [0.717, 1.165) is 11.3 Å². The van der Waals surface area contributed by atoms with Gasteiger partial charge in [0.1, 0.15) is 0 Å². The Morgan fingerprint density at radius 3 is 2.50 bits per heavy atom. The predicted octanol–water partition coefficient (Wildman–Crippen LogP) is 2.15. The third kappa shape index (κ3) is 6.60. The minimum atomic E-state index is -0.660. The van der Waals surface area contributed by atoms with E-state index in [1.165, 1.54) is 0 Å². The topological polar surface area (TPSA) is 72.2 Å². The van der Waals surface area contributed by atoms with Crippen LogP contribution in [-0.4, -0.2) is 35.6 Å². The van der Waals surface area contributed by atoms with Crippen LogP contribution < -0.4 is 11.1 Å². The lowest BCUT2D eigenvalue weighted by molar-refractivity contribution is -0.133. The molecule has 1 aromatic rings. The van der Waals surface area contributed by atoms with Gasteiger partial charge in [0.25, 0.3) is 0 Å². The first-order valence-electron chi connectivity index (χ1n) is 6.92. The van der Waals surface area contributed by atoms with E-state index >= 15 is 0 Å². The van der Waals surface area contributed by atoms with Gasteiger partial charge in [0.2, 0.25) is 11.8 Å². The van der Waals surface area contributed by atoms with Crippen LogP contribution >= 0.6 is 36.0 Å². The molecule has 0 fully saturated rings. The number of imide groups is 1. The van der Waals surface area contributed by atoms with Crippen LogP contribution in [0.3, 0.4) is 0 Å². The minimum Gasteiger partial charge on any atom is -0.320 e. The van der Waals surface area contributed by atoms with Gasteiger partial charge in [-0.05, 0) is 42.5 Å². The van der Waals surface area contributed by atoms with Crippen molar-refractivity contribution in [3.8, 4) is 0 Å². The number of thioether (sulfide) groups is 1. The summed E-state index contributed by atoms with van der Waals surface area (Å²) < 4.78 is 0. The van der Waals surface area contributed by atoms with Gasteiger partial charge in [-0.3, -0.25) is 14.9 Å². The zero-order valence-electron chi connectivity index (χ0n) is 12.4. The number of nitrogens with one attached hydrogen (secondary N) is 1. The number of benzene rings is 1. The number of amides is 2. The summed E-state index contributed by atoms with van der Waals surface area (Å²) >= 11 is 11.7. The number of carbonyl (C=O) groups is 2. The maximum atomic E-state index is 12.2. The molecule has 122 valence electrons. The number of rotatable bonds is 8. The van der Waals surface area contributed by atoms with Gasteiger partial charge in [0.15, 0.2) is 0 Å². The summed E-state index contributed by atoms with van der Waals surface area (Å²) in [6.07, 6.45) is 2.99. The maximum Gasteiger partial charge on any atom is 0.243 e. The molecule has 3 N–H and O–H groups in total. The van der Waals surface area contributed by atoms with Crippen molar-refractivity contribution in [3.63, 3.8) is 0 Å². The first-order valence-corrected chi connectivity index (χ1v) is 9.32. The van der Waals surface area contributed by atoms with Crippen molar-refractivity contribution in [2.24, 2.45) is 11.7 Å². The van der Waals surface area contributed by atoms with Crippen molar-refractivity contribution in [1.29, 1.82) is 0 Å². The zero-order chi connectivity index (χ0) is 16.5. The molecule has 1 aromatic carbocycles. The molecule has 0 bridgehead atoms. The lowest BCUT2D eigenvalue weighted by atomic mass is 10.00. The van der Waals surface area contributed by atoms with Crippen LogP contribution in [0.2, 0.25) is 5.02 Å². The molecular formula is C15H21ClN2O2S2. The molecule has 0 heterocycles. The minimum absolute atomic E-state index is 0.338. The second-order valence-corrected chi connectivity index (χ2v) is 6.74. The number of halogens is 1. The molecule has 1 rings (SSSR count). The van der Waals surface area contributed by atoms with Crippen LogP contribution in [0, 0.1) is 5.92 Å². The van der Waals surface area contributed by atoms with Gasteiger partial charge in [0, 0.05) is 10.8 Å². The highest BCUT2D eigenvalue weighted by atomic mass is 35.5. The van der Waals surface area contributed by atoms with Crippen LogP contribution in [0.1, 0.15) is 12.0 Å². The fraction of sp³-hybridized carbons (Fsp3) is 0.467. The van der Waals surface area contributed by atoms with Gasteiger partial charge in [-0.25, -0.2) is 0 Å². The number of thiol groups is 1. The van der Waals surface area contributed by atoms with Crippen molar-refractivity contribution < 1.29 is 9.59 Å².